The summed E-state index contributed by atoms with van der Waals surface area (Å²) in [5.41, 5.74) is 2.86. The molecule has 96 valence electrons. The third-order valence-electron chi connectivity index (χ3n) is 2.59. The SMILES string of the molecule is CCC(NOCC1CO1)[Si](OC)(OC)OC. The molecule has 1 rings (SSSR count). The van der Waals surface area contributed by atoms with E-state index >= 15 is 0 Å². The van der Waals surface area contributed by atoms with Crippen molar-refractivity contribution in [2.45, 2.75) is 25.1 Å². The molecule has 1 fully saturated rings. The van der Waals surface area contributed by atoms with Gasteiger partial charge < -0.3 is 18.0 Å². The van der Waals surface area contributed by atoms with Gasteiger partial charge >= 0.3 is 8.80 Å². The van der Waals surface area contributed by atoms with Crippen molar-refractivity contribution in [1.29, 1.82) is 0 Å². The van der Waals surface area contributed by atoms with Gasteiger partial charge in [-0.3, -0.25) is 4.84 Å². The van der Waals surface area contributed by atoms with E-state index in [0.29, 0.717) is 6.61 Å². The Labute approximate surface area is 97.5 Å². The summed E-state index contributed by atoms with van der Waals surface area (Å²) in [5, 5.41) is 0. The highest BCUT2D eigenvalue weighted by atomic mass is 28.4. The average Bonchev–Trinajstić information content (AvgIpc) is 3.13. The van der Waals surface area contributed by atoms with Crippen LogP contribution in [0.25, 0.3) is 0 Å². The van der Waals surface area contributed by atoms with Gasteiger partial charge in [0.05, 0.1) is 13.2 Å². The predicted octanol–water partition coefficient (Wildman–Crippen LogP) is 0.102. The van der Waals surface area contributed by atoms with Crippen LogP contribution >= 0.6 is 0 Å². The normalized spacial score (nSPS) is 22.1. The largest absolute Gasteiger partial charge is 0.520 e. The van der Waals surface area contributed by atoms with Crippen LogP contribution < -0.4 is 5.48 Å². The zero-order valence-corrected chi connectivity index (χ0v) is 11.3. The average molecular weight is 251 g/mol. The van der Waals surface area contributed by atoms with E-state index in [-0.39, 0.29) is 11.8 Å². The van der Waals surface area contributed by atoms with Crippen LogP contribution in [0.5, 0.6) is 0 Å². The minimum absolute atomic E-state index is 0.0775. The van der Waals surface area contributed by atoms with E-state index in [9.17, 15) is 0 Å². The Balaban J connectivity index is 2.41. The first kappa shape index (κ1) is 14.0. The lowest BCUT2D eigenvalue weighted by Gasteiger charge is -2.31. The van der Waals surface area contributed by atoms with Gasteiger partial charge in [-0.25, -0.2) is 0 Å². The van der Waals surface area contributed by atoms with Crippen LogP contribution in [0.15, 0.2) is 0 Å². The standard InChI is InChI=1S/C9H21NO5Si/c1-5-9(10-15-7-8-6-14-8)16(11-2,12-3)13-4/h8-10H,5-7H2,1-4H3. The maximum Gasteiger partial charge on any atom is 0.520 e. The number of hydrogen-bond acceptors (Lipinski definition) is 6. The lowest BCUT2D eigenvalue weighted by molar-refractivity contribution is -0.00378. The van der Waals surface area contributed by atoms with Crippen molar-refractivity contribution < 1.29 is 22.9 Å². The molecule has 0 aromatic heterocycles. The van der Waals surface area contributed by atoms with Gasteiger partial charge in [0, 0.05) is 21.3 Å². The molecule has 16 heavy (non-hydrogen) atoms. The quantitative estimate of drug-likeness (QED) is 0.356. The summed E-state index contributed by atoms with van der Waals surface area (Å²) in [6, 6.07) is 0. The maximum atomic E-state index is 5.38. The van der Waals surface area contributed by atoms with Gasteiger partial charge in [-0.2, -0.15) is 5.48 Å². The fourth-order valence-electron chi connectivity index (χ4n) is 1.49. The van der Waals surface area contributed by atoms with Crippen molar-refractivity contribution in [3.05, 3.63) is 0 Å². The Kier molecular flexibility index (Phi) is 5.83. The van der Waals surface area contributed by atoms with Crippen molar-refractivity contribution in [3.8, 4) is 0 Å². The van der Waals surface area contributed by atoms with E-state index in [1.54, 1.807) is 21.3 Å². The molecule has 1 aliphatic heterocycles. The van der Waals surface area contributed by atoms with Crippen molar-refractivity contribution in [3.63, 3.8) is 0 Å². The molecule has 7 heteroatoms. The molecule has 1 N–H and O–H groups in total. The Hall–Kier alpha value is -0.0231. The minimum Gasteiger partial charge on any atom is -0.376 e. The number of hydroxylamine groups is 1. The smallest absolute Gasteiger partial charge is 0.376 e. The number of hydrogen-bond donors (Lipinski definition) is 1. The molecule has 1 heterocycles. The second kappa shape index (κ2) is 6.65. The second-order valence-corrected chi connectivity index (χ2v) is 6.69. The summed E-state index contributed by atoms with van der Waals surface area (Å²) in [6.45, 7) is 3.34. The number of epoxide rings is 1. The van der Waals surface area contributed by atoms with Crippen LogP contribution in [-0.4, -0.2) is 55.1 Å². The number of ether oxygens (including phenoxy) is 1. The molecule has 1 saturated heterocycles. The second-order valence-electron chi connectivity index (χ2n) is 3.56. The van der Waals surface area contributed by atoms with E-state index in [2.05, 4.69) is 5.48 Å². The molecular formula is C9H21NO5Si. The van der Waals surface area contributed by atoms with Gasteiger partial charge in [0.2, 0.25) is 0 Å². The third kappa shape index (κ3) is 3.49. The van der Waals surface area contributed by atoms with Crippen LogP contribution in [0.3, 0.4) is 0 Å². The predicted molar refractivity (Wildman–Crippen MR) is 59.7 cm³/mol. The van der Waals surface area contributed by atoms with Crippen molar-refractivity contribution in [2.75, 3.05) is 34.5 Å². The third-order valence-corrected chi connectivity index (χ3v) is 5.67. The van der Waals surface area contributed by atoms with Crippen molar-refractivity contribution >= 4 is 8.80 Å². The molecular weight excluding hydrogens is 230 g/mol. The Morgan fingerprint density at radius 1 is 1.31 bits per heavy atom. The zero-order chi connectivity index (χ0) is 12.0. The fraction of sp³-hybridized carbons (Fsp3) is 1.00. The molecule has 0 spiro atoms. The molecule has 0 aromatic carbocycles. The summed E-state index contributed by atoms with van der Waals surface area (Å²) in [7, 11) is 2.10. The van der Waals surface area contributed by atoms with Gasteiger partial charge in [-0.05, 0) is 6.42 Å². The van der Waals surface area contributed by atoms with Crippen LogP contribution in [0.2, 0.25) is 0 Å². The van der Waals surface area contributed by atoms with Crippen molar-refractivity contribution in [2.24, 2.45) is 0 Å². The zero-order valence-electron chi connectivity index (χ0n) is 10.3. The molecule has 0 aliphatic carbocycles. The molecule has 6 nitrogen and oxygen atoms in total. The van der Waals surface area contributed by atoms with Crippen LogP contribution in [0.4, 0.5) is 0 Å². The van der Waals surface area contributed by atoms with E-state index in [1.807, 2.05) is 6.92 Å². The lowest BCUT2D eigenvalue weighted by atomic mass is 10.5. The summed E-state index contributed by atoms with van der Waals surface area (Å²) < 4.78 is 21.2. The summed E-state index contributed by atoms with van der Waals surface area (Å²) in [5.74, 6) is 0. The molecule has 1 aliphatic rings. The van der Waals surface area contributed by atoms with Crippen LogP contribution in [0, 0.1) is 0 Å². The maximum absolute atomic E-state index is 5.38. The van der Waals surface area contributed by atoms with E-state index in [4.69, 9.17) is 22.9 Å². The first-order valence-corrected chi connectivity index (χ1v) is 7.17. The van der Waals surface area contributed by atoms with Crippen molar-refractivity contribution in [1.82, 2.24) is 5.48 Å². The van der Waals surface area contributed by atoms with Gasteiger partial charge in [0.15, 0.2) is 0 Å². The summed E-state index contributed by atoms with van der Waals surface area (Å²) in [6.07, 6.45) is 1.03. The highest BCUT2D eigenvalue weighted by molar-refractivity contribution is 6.62. The summed E-state index contributed by atoms with van der Waals surface area (Å²) in [4.78, 5) is 5.34. The Bertz CT molecular complexity index is 190. The van der Waals surface area contributed by atoms with Gasteiger partial charge in [0.1, 0.15) is 11.8 Å². The highest BCUT2D eigenvalue weighted by Gasteiger charge is 2.47. The molecule has 2 unspecified atom stereocenters. The highest BCUT2D eigenvalue weighted by Crippen LogP contribution is 2.15. The molecule has 0 aromatic rings. The monoisotopic (exact) mass is 251 g/mol. The Morgan fingerprint density at radius 2 is 1.88 bits per heavy atom. The van der Waals surface area contributed by atoms with E-state index in [0.717, 1.165) is 13.0 Å². The van der Waals surface area contributed by atoms with E-state index < -0.39 is 8.80 Å². The Morgan fingerprint density at radius 3 is 2.25 bits per heavy atom. The van der Waals surface area contributed by atoms with Crippen LogP contribution in [0.1, 0.15) is 13.3 Å². The summed E-state index contributed by atoms with van der Waals surface area (Å²) >= 11 is 0. The van der Waals surface area contributed by atoms with Gasteiger partial charge in [-0.15, -0.1) is 0 Å². The first-order chi connectivity index (χ1) is 7.72. The number of nitrogens with one attached hydrogen (secondary N) is 1. The molecule has 0 radical (unpaired) electrons. The van der Waals surface area contributed by atoms with Gasteiger partial charge in [-0.1, -0.05) is 6.92 Å². The van der Waals surface area contributed by atoms with E-state index in [1.165, 1.54) is 0 Å². The first-order valence-electron chi connectivity index (χ1n) is 5.36. The topological polar surface area (TPSA) is 61.5 Å². The van der Waals surface area contributed by atoms with Gasteiger partial charge in [0.25, 0.3) is 0 Å². The van der Waals surface area contributed by atoms with Crippen LogP contribution in [-0.2, 0) is 22.9 Å². The molecule has 0 saturated carbocycles. The molecule has 0 bridgehead atoms. The number of rotatable bonds is 9. The molecule has 0 amide bonds. The fourth-order valence-corrected chi connectivity index (χ4v) is 3.57. The minimum atomic E-state index is -2.68. The molecule has 2 atom stereocenters. The lowest BCUT2D eigenvalue weighted by Crippen LogP contribution is -2.60.